The van der Waals surface area contributed by atoms with E-state index in [0.717, 1.165) is 5.56 Å². The molecule has 1 aromatic carbocycles. The predicted molar refractivity (Wildman–Crippen MR) is 125 cm³/mol. The number of alkyl carbamates (subject to hydrolysis) is 1. The second-order valence-corrected chi connectivity index (χ2v) is 10.0. The van der Waals surface area contributed by atoms with Gasteiger partial charge in [-0.2, -0.15) is 0 Å². The first-order valence-electron chi connectivity index (χ1n) is 11.2. The van der Waals surface area contributed by atoms with Gasteiger partial charge in [0, 0.05) is 0 Å². The molecule has 2 atom stereocenters. The Balaban J connectivity index is 2.92. The van der Waals surface area contributed by atoms with Gasteiger partial charge in [-0.15, -0.1) is 0 Å². The smallest absolute Gasteiger partial charge is 0.408 e. The minimum Gasteiger partial charge on any atom is -0.463 e. The molecule has 0 radical (unpaired) electrons. The lowest BCUT2D eigenvalue weighted by atomic mass is 9.70. The van der Waals surface area contributed by atoms with Crippen LogP contribution in [0.25, 0.3) is 0 Å². The van der Waals surface area contributed by atoms with Crippen LogP contribution in [0.1, 0.15) is 73.9 Å². The third-order valence-corrected chi connectivity index (χ3v) is 5.86. The molecule has 7 nitrogen and oxygen atoms in total. The van der Waals surface area contributed by atoms with E-state index in [9.17, 15) is 14.4 Å². The van der Waals surface area contributed by atoms with Crippen LogP contribution in [0.4, 0.5) is 4.79 Å². The molecule has 1 aromatic rings. The van der Waals surface area contributed by atoms with Gasteiger partial charge in [-0.1, -0.05) is 58.0 Å². The number of hydrogen-bond donors (Lipinski definition) is 2. The highest BCUT2D eigenvalue weighted by Gasteiger charge is 2.41. The summed E-state index contributed by atoms with van der Waals surface area (Å²) in [5.41, 5.74) is -0.508. The Hall–Kier alpha value is -2.57. The SMILES string of the molecule is CC(C)C(C)(C(=O)OC[C@@H](NC(=O)[C@H](C)NC(=O)OC(C)(C)C)c1ccccc1)C(C)C. The molecule has 0 fully saturated rings. The van der Waals surface area contributed by atoms with Gasteiger partial charge in [0.15, 0.2) is 0 Å². The molecule has 1 rings (SSSR count). The van der Waals surface area contributed by atoms with Gasteiger partial charge in [0.2, 0.25) is 5.91 Å². The van der Waals surface area contributed by atoms with Crippen molar-refractivity contribution in [3.8, 4) is 0 Å². The van der Waals surface area contributed by atoms with Gasteiger partial charge in [-0.3, -0.25) is 9.59 Å². The zero-order valence-electron chi connectivity index (χ0n) is 20.9. The molecule has 0 heterocycles. The molecular formula is C25H40N2O5. The van der Waals surface area contributed by atoms with E-state index in [4.69, 9.17) is 9.47 Å². The van der Waals surface area contributed by atoms with Crippen LogP contribution in [0.3, 0.4) is 0 Å². The van der Waals surface area contributed by atoms with Crippen LogP contribution in [0.2, 0.25) is 0 Å². The topological polar surface area (TPSA) is 93.7 Å². The highest BCUT2D eigenvalue weighted by Crippen LogP contribution is 2.37. The van der Waals surface area contributed by atoms with Crippen molar-refractivity contribution in [2.75, 3.05) is 6.61 Å². The molecule has 0 bridgehead atoms. The van der Waals surface area contributed by atoms with Crippen LogP contribution in [-0.2, 0) is 19.1 Å². The van der Waals surface area contributed by atoms with Crippen LogP contribution in [-0.4, -0.2) is 36.2 Å². The van der Waals surface area contributed by atoms with Crippen molar-refractivity contribution >= 4 is 18.0 Å². The van der Waals surface area contributed by atoms with Crippen molar-refractivity contribution in [1.29, 1.82) is 0 Å². The minimum absolute atomic E-state index is 0.0111. The van der Waals surface area contributed by atoms with E-state index in [1.54, 1.807) is 27.7 Å². The summed E-state index contributed by atoms with van der Waals surface area (Å²) in [6.07, 6.45) is -0.674. The Morgan fingerprint density at radius 2 is 1.41 bits per heavy atom. The number of amides is 2. The van der Waals surface area contributed by atoms with Gasteiger partial charge in [0.05, 0.1) is 11.5 Å². The second-order valence-electron chi connectivity index (χ2n) is 10.0. The van der Waals surface area contributed by atoms with Gasteiger partial charge in [-0.25, -0.2) is 4.79 Å². The maximum atomic E-state index is 13.0. The Morgan fingerprint density at radius 3 is 1.88 bits per heavy atom. The third kappa shape index (κ3) is 7.84. The Bertz CT molecular complexity index is 760. The highest BCUT2D eigenvalue weighted by atomic mass is 16.6. The normalized spacial score (nSPS) is 14.0. The summed E-state index contributed by atoms with van der Waals surface area (Å²) >= 11 is 0. The zero-order valence-corrected chi connectivity index (χ0v) is 20.9. The van der Waals surface area contributed by atoms with Crippen LogP contribution in [0, 0.1) is 17.3 Å². The van der Waals surface area contributed by atoms with Gasteiger partial charge >= 0.3 is 12.1 Å². The Morgan fingerprint density at radius 1 is 0.875 bits per heavy atom. The first kappa shape index (κ1) is 27.5. The molecule has 180 valence electrons. The summed E-state index contributed by atoms with van der Waals surface area (Å²) in [6.45, 7) is 16.7. The van der Waals surface area contributed by atoms with Crippen molar-refractivity contribution in [2.24, 2.45) is 17.3 Å². The molecule has 2 N–H and O–H groups in total. The van der Waals surface area contributed by atoms with Crippen LogP contribution < -0.4 is 10.6 Å². The molecule has 7 heteroatoms. The van der Waals surface area contributed by atoms with Crippen molar-refractivity contribution in [3.05, 3.63) is 35.9 Å². The first-order valence-corrected chi connectivity index (χ1v) is 11.2. The van der Waals surface area contributed by atoms with Crippen molar-refractivity contribution in [2.45, 2.75) is 80.0 Å². The fraction of sp³-hybridized carbons (Fsp3) is 0.640. The summed E-state index contributed by atoms with van der Waals surface area (Å²) < 4.78 is 10.9. The first-order chi connectivity index (χ1) is 14.7. The maximum absolute atomic E-state index is 13.0. The average molecular weight is 449 g/mol. The average Bonchev–Trinajstić information content (AvgIpc) is 2.68. The fourth-order valence-corrected chi connectivity index (χ4v) is 3.21. The standard InChI is InChI=1S/C25H40N2O5/c1-16(2)25(9,17(3)4)22(29)31-15-20(19-13-11-10-12-14-19)27-21(28)18(5)26-23(30)32-24(6,7)8/h10-14,16-18,20H,15H2,1-9H3,(H,26,30)(H,27,28)/t18-,20+/m0/s1. The number of ether oxygens (including phenoxy) is 2. The Kier molecular flexibility index (Phi) is 9.73. The molecule has 0 aliphatic carbocycles. The summed E-state index contributed by atoms with van der Waals surface area (Å²) in [6, 6.07) is 7.90. The maximum Gasteiger partial charge on any atom is 0.408 e. The molecule has 0 saturated carbocycles. The molecule has 0 spiro atoms. The lowest BCUT2D eigenvalue weighted by Gasteiger charge is -2.35. The van der Waals surface area contributed by atoms with E-state index < -0.39 is 35.1 Å². The third-order valence-electron chi connectivity index (χ3n) is 5.86. The molecule has 2 amide bonds. The summed E-state index contributed by atoms with van der Waals surface area (Å²) in [5, 5.41) is 5.41. The fourth-order valence-electron chi connectivity index (χ4n) is 3.21. The molecular weight excluding hydrogens is 408 g/mol. The van der Waals surface area contributed by atoms with E-state index in [0.29, 0.717) is 0 Å². The predicted octanol–water partition coefficient (Wildman–Crippen LogP) is 4.62. The minimum atomic E-state index is -0.830. The summed E-state index contributed by atoms with van der Waals surface area (Å²) in [4.78, 5) is 37.7. The molecule has 0 aromatic heterocycles. The monoisotopic (exact) mass is 448 g/mol. The highest BCUT2D eigenvalue weighted by molar-refractivity contribution is 5.85. The van der Waals surface area contributed by atoms with E-state index in [1.165, 1.54) is 0 Å². The van der Waals surface area contributed by atoms with Gasteiger partial charge < -0.3 is 20.1 Å². The van der Waals surface area contributed by atoms with E-state index in [1.807, 2.05) is 65.0 Å². The van der Waals surface area contributed by atoms with E-state index in [-0.39, 0.29) is 24.4 Å². The number of carbonyl (C=O) groups is 3. The van der Waals surface area contributed by atoms with Crippen LogP contribution in [0.15, 0.2) is 30.3 Å². The number of esters is 1. The van der Waals surface area contributed by atoms with E-state index in [2.05, 4.69) is 10.6 Å². The van der Waals surface area contributed by atoms with Crippen LogP contribution in [0.5, 0.6) is 0 Å². The lowest BCUT2D eigenvalue weighted by Crippen LogP contribution is -2.48. The van der Waals surface area contributed by atoms with Crippen molar-refractivity contribution in [1.82, 2.24) is 10.6 Å². The van der Waals surface area contributed by atoms with Gasteiger partial charge in [0.25, 0.3) is 0 Å². The second kappa shape index (κ2) is 11.3. The molecule has 0 saturated heterocycles. The molecule has 0 unspecified atom stereocenters. The van der Waals surface area contributed by atoms with Crippen LogP contribution >= 0.6 is 0 Å². The van der Waals surface area contributed by atoms with Crippen molar-refractivity contribution in [3.63, 3.8) is 0 Å². The lowest BCUT2D eigenvalue weighted by molar-refractivity contribution is -0.162. The quantitative estimate of drug-likeness (QED) is 0.538. The number of nitrogens with one attached hydrogen (secondary N) is 2. The number of rotatable bonds is 9. The van der Waals surface area contributed by atoms with Gasteiger partial charge in [-0.05, 0) is 52.0 Å². The number of benzene rings is 1. The number of hydrogen-bond acceptors (Lipinski definition) is 5. The zero-order chi connectivity index (χ0) is 24.7. The largest absolute Gasteiger partial charge is 0.463 e. The summed E-state index contributed by atoms with van der Waals surface area (Å²) in [7, 11) is 0. The molecule has 0 aliphatic heterocycles. The molecule has 32 heavy (non-hydrogen) atoms. The van der Waals surface area contributed by atoms with E-state index >= 15 is 0 Å². The number of carbonyl (C=O) groups excluding carboxylic acids is 3. The summed E-state index contributed by atoms with van der Waals surface area (Å²) in [5.74, 6) is -0.510. The molecule has 0 aliphatic rings. The van der Waals surface area contributed by atoms with Crippen molar-refractivity contribution < 1.29 is 23.9 Å². The van der Waals surface area contributed by atoms with Gasteiger partial charge in [0.1, 0.15) is 18.2 Å². The Labute approximate surface area is 192 Å².